The molecule has 0 N–H and O–H groups in total. The molecule has 1 fully saturated rings. The van der Waals surface area contributed by atoms with Crippen LogP contribution >= 0.6 is 0 Å². The highest BCUT2D eigenvalue weighted by Crippen LogP contribution is 2.36. The van der Waals surface area contributed by atoms with E-state index in [4.69, 9.17) is 4.74 Å². The molecule has 3 unspecified atom stereocenters. The van der Waals surface area contributed by atoms with E-state index in [0.717, 1.165) is 5.56 Å². The Kier molecular flexibility index (Phi) is 4.91. The highest BCUT2D eigenvalue weighted by Gasteiger charge is 2.54. The molecule has 3 atom stereocenters. The highest BCUT2D eigenvalue weighted by molar-refractivity contribution is 6.19. The molecule has 1 saturated heterocycles. The fourth-order valence-electron chi connectivity index (χ4n) is 4.38. The predicted molar refractivity (Wildman–Crippen MR) is 103 cm³/mol. The van der Waals surface area contributed by atoms with Crippen LogP contribution in [0.2, 0.25) is 0 Å². The van der Waals surface area contributed by atoms with Crippen molar-refractivity contribution in [1.29, 1.82) is 0 Å². The average molecular weight is 364 g/mol. The lowest BCUT2D eigenvalue weighted by molar-refractivity contribution is 0.0699. The van der Waals surface area contributed by atoms with Crippen molar-refractivity contribution < 1.29 is 14.3 Å². The number of ketones is 2. The molecule has 0 radical (unpaired) electrons. The number of rotatable bonds is 5. The Balaban J connectivity index is 1.75. The van der Waals surface area contributed by atoms with E-state index >= 15 is 0 Å². The van der Waals surface area contributed by atoms with Gasteiger partial charge in [-0.05, 0) is 12.5 Å². The monoisotopic (exact) mass is 364 g/mol. The molecule has 0 saturated carbocycles. The first-order valence-electron chi connectivity index (χ1n) is 9.35. The van der Waals surface area contributed by atoms with Gasteiger partial charge in [0, 0.05) is 31.3 Å². The number of hydrogen-bond acceptors (Lipinski definition) is 5. The molecule has 2 aromatic carbocycles. The van der Waals surface area contributed by atoms with Gasteiger partial charge in [-0.15, -0.1) is 0 Å². The van der Waals surface area contributed by atoms with Crippen LogP contribution in [-0.4, -0.2) is 59.9 Å². The molecule has 1 heterocycles. The van der Waals surface area contributed by atoms with Gasteiger partial charge in [0.1, 0.15) is 0 Å². The maximum atomic E-state index is 13.4. The number of methoxy groups -OCH3 is 1. The fraction of sp³-hybridized carbons (Fsp3) is 0.364. The zero-order chi connectivity index (χ0) is 19.0. The largest absolute Gasteiger partial charge is 0.383 e. The van der Waals surface area contributed by atoms with E-state index in [1.54, 1.807) is 19.2 Å². The third kappa shape index (κ3) is 3.02. The van der Waals surface area contributed by atoms with E-state index in [1.807, 2.05) is 30.3 Å². The maximum Gasteiger partial charge on any atom is 0.182 e. The normalized spacial score (nSPS) is 25.5. The second-order valence-electron chi connectivity index (χ2n) is 7.18. The number of carbonyl (C=O) groups is 2. The topological polar surface area (TPSA) is 49.9 Å². The molecule has 1 aliphatic heterocycles. The standard InChI is InChI=1S/C22H24N2O3/c1-15-23(12-13-27-2)19-20(24(15)14-16-8-4-3-5-9-16)22(26)18-11-7-6-10-17(18)21(19)25/h3-11,15,19-20H,12-14H2,1-2H3. The Bertz CT molecular complexity index is 852. The maximum absolute atomic E-state index is 13.4. The minimum absolute atomic E-state index is 0.0300. The lowest BCUT2D eigenvalue weighted by Gasteiger charge is -2.31. The van der Waals surface area contributed by atoms with Gasteiger partial charge in [-0.25, -0.2) is 0 Å². The van der Waals surface area contributed by atoms with E-state index in [9.17, 15) is 9.59 Å². The smallest absolute Gasteiger partial charge is 0.182 e. The summed E-state index contributed by atoms with van der Waals surface area (Å²) in [6, 6.07) is 16.4. The Morgan fingerprint density at radius 3 is 2.00 bits per heavy atom. The lowest BCUT2D eigenvalue weighted by atomic mass is 9.82. The summed E-state index contributed by atoms with van der Waals surface area (Å²) in [4.78, 5) is 30.9. The Morgan fingerprint density at radius 1 is 0.852 bits per heavy atom. The lowest BCUT2D eigenvalue weighted by Crippen LogP contribution is -2.52. The molecule has 0 bridgehead atoms. The summed E-state index contributed by atoms with van der Waals surface area (Å²) in [5.41, 5.74) is 2.22. The van der Waals surface area contributed by atoms with Crippen molar-refractivity contribution >= 4 is 11.6 Å². The zero-order valence-electron chi connectivity index (χ0n) is 15.7. The number of ether oxygens (including phenoxy) is 1. The second kappa shape index (κ2) is 7.35. The zero-order valence-corrected chi connectivity index (χ0v) is 15.7. The van der Waals surface area contributed by atoms with Crippen molar-refractivity contribution in [2.24, 2.45) is 0 Å². The van der Waals surface area contributed by atoms with Crippen LogP contribution in [0.4, 0.5) is 0 Å². The first-order valence-corrected chi connectivity index (χ1v) is 9.35. The summed E-state index contributed by atoms with van der Waals surface area (Å²) >= 11 is 0. The molecule has 27 heavy (non-hydrogen) atoms. The van der Waals surface area contributed by atoms with Crippen LogP contribution in [0.1, 0.15) is 33.2 Å². The number of Topliss-reactive ketones (excluding diaryl/α,β-unsaturated/α-hetero) is 2. The van der Waals surface area contributed by atoms with Crippen LogP contribution in [0.5, 0.6) is 0 Å². The van der Waals surface area contributed by atoms with E-state index in [-0.39, 0.29) is 17.7 Å². The predicted octanol–water partition coefficient (Wildman–Crippen LogP) is 2.61. The third-order valence-electron chi connectivity index (χ3n) is 5.73. The molecule has 0 amide bonds. The van der Waals surface area contributed by atoms with E-state index in [2.05, 4.69) is 28.9 Å². The summed E-state index contributed by atoms with van der Waals surface area (Å²) in [5.74, 6) is 0.0756. The fourth-order valence-corrected chi connectivity index (χ4v) is 4.38. The molecule has 1 aliphatic carbocycles. The number of benzene rings is 2. The van der Waals surface area contributed by atoms with Gasteiger partial charge in [0.05, 0.1) is 24.9 Å². The molecular formula is C22H24N2O3. The van der Waals surface area contributed by atoms with Crippen LogP contribution in [0.25, 0.3) is 0 Å². The molecule has 5 nitrogen and oxygen atoms in total. The minimum Gasteiger partial charge on any atom is -0.383 e. The van der Waals surface area contributed by atoms with Gasteiger partial charge in [0.15, 0.2) is 11.6 Å². The van der Waals surface area contributed by atoms with E-state index < -0.39 is 12.1 Å². The van der Waals surface area contributed by atoms with Crippen molar-refractivity contribution in [2.45, 2.75) is 31.7 Å². The van der Waals surface area contributed by atoms with Crippen LogP contribution in [-0.2, 0) is 11.3 Å². The summed E-state index contributed by atoms with van der Waals surface area (Å²) < 4.78 is 5.26. The van der Waals surface area contributed by atoms with Crippen molar-refractivity contribution in [3.05, 3.63) is 71.3 Å². The van der Waals surface area contributed by atoms with E-state index in [1.165, 1.54) is 0 Å². The summed E-state index contributed by atoms with van der Waals surface area (Å²) in [6.45, 7) is 3.84. The van der Waals surface area contributed by atoms with Crippen LogP contribution in [0, 0.1) is 0 Å². The third-order valence-corrected chi connectivity index (χ3v) is 5.73. The highest BCUT2D eigenvalue weighted by atomic mass is 16.5. The Labute approximate surface area is 159 Å². The van der Waals surface area contributed by atoms with Crippen molar-refractivity contribution in [3.63, 3.8) is 0 Å². The average Bonchev–Trinajstić information content (AvgIpc) is 2.97. The number of hydrogen-bond donors (Lipinski definition) is 0. The molecule has 5 heteroatoms. The Morgan fingerprint density at radius 2 is 1.41 bits per heavy atom. The van der Waals surface area contributed by atoms with Gasteiger partial charge in [-0.2, -0.15) is 0 Å². The number of nitrogens with zero attached hydrogens (tertiary/aromatic N) is 2. The second-order valence-corrected chi connectivity index (χ2v) is 7.18. The molecule has 140 valence electrons. The van der Waals surface area contributed by atoms with Gasteiger partial charge in [-0.3, -0.25) is 19.4 Å². The molecule has 0 aromatic heterocycles. The van der Waals surface area contributed by atoms with Crippen molar-refractivity contribution in [3.8, 4) is 0 Å². The summed E-state index contributed by atoms with van der Waals surface area (Å²) in [6.07, 6.45) is -0.0300. The quantitative estimate of drug-likeness (QED) is 0.816. The van der Waals surface area contributed by atoms with Crippen LogP contribution in [0.3, 0.4) is 0 Å². The Hall–Kier alpha value is -2.34. The number of carbonyl (C=O) groups excluding carboxylic acids is 2. The van der Waals surface area contributed by atoms with Crippen LogP contribution < -0.4 is 0 Å². The van der Waals surface area contributed by atoms with Gasteiger partial charge >= 0.3 is 0 Å². The van der Waals surface area contributed by atoms with Crippen molar-refractivity contribution in [2.75, 3.05) is 20.3 Å². The summed E-state index contributed by atoms with van der Waals surface area (Å²) in [5, 5.41) is 0. The van der Waals surface area contributed by atoms with E-state index in [0.29, 0.717) is 30.8 Å². The summed E-state index contributed by atoms with van der Waals surface area (Å²) in [7, 11) is 1.66. The molecule has 0 spiro atoms. The SMILES string of the molecule is COCCN1C2C(=O)c3ccccc3C(=O)C2N(Cc2ccccc2)C1C. The molecule has 2 aromatic rings. The van der Waals surface area contributed by atoms with Gasteiger partial charge in [0.2, 0.25) is 0 Å². The van der Waals surface area contributed by atoms with Crippen molar-refractivity contribution in [1.82, 2.24) is 9.80 Å². The van der Waals surface area contributed by atoms with Gasteiger partial charge < -0.3 is 4.74 Å². The van der Waals surface area contributed by atoms with Gasteiger partial charge in [-0.1, -0.05) is 54.6 Å². The molecular weight excluding hydrogens is 340 g/mol. The molecule has 2 aliphatic rings. The first-order chi connectivity index (χ1) is 13.1. The van der Waals surface area contributed by atoms with Gasteiger partial charge in [0.25, 0.3) is 0 Å². The first kappa shape index (κ1) is 18.0. The minimum atomic E-state index is -0.459. The molecule has 4 rings (SSSR count). The number of fused-ring (bicyclic) bond motifs is 2. The van der Waals surface area contributed by atoms with Crippen LogP contribution in [0.15, 0.2) is 54.6 Å².